The molecule has 0 aliphatic carbocycles. The molecule has 0 heterocycles. The molecule has 0 atom stereocenters. The number of hydrogen-bond donors (Lipinski definition) is 1. The summed E-state index contributed by atoms with van der Waals surface area (Å²) in [5.41, 5.74) is 2.66. The van der Waals surface area contributed by atoms with E-state index in [1.807, 2.05) is 44.2 Å². The molecule has 0 aliphatic heterocycles. The van der Waals surface area contributed by atoms with Gasteiger partial charge in [0.15, 0.2) is 0 Å². The highest BCUT2D eigenvalue weighted by Crippen LogP contribution is 2.31. The standard InChI is InChI=1S/C16H18O4S/c1-3-14-12(2)9-10-15(21(17,18)19)16(14)20-11-13-7-5-4-6-8-13/h4-10H,3,11H2,1-2H3,(H,17,18,19). The predicted octanol–water partition coefficient (Wildman–Crippen LogP) is 3.38. The highest BCUT2D eigenvalue weighted by atomic mass is 32.2. The fourth-order valence-electron chi connectivity index (χ4n) is 2.24. The van der Waals surface area contributed by atoms with Crippen LogP contribution in [0, 0.1) is 6.92 Å². The maximum atomic E-state index is 11.5. The molecule has 0 fully saturated rings. The minimum absolute atomic E-state index is 0.180. The third kappa shape index (κ3) is 3.62. The normalized spacial score (nSPS) is 11.4. The van der Waals surface area contributed by atoms with Crippen molar-refractivity contribution in [3.63, 3.8) is 0 Å². The summed E-state index contributed by atoms with van der Waals surface area (Å²) in [5.74, 6) is 0.240. The van der Waals surface area contributed by atoms with Crippen molar-refractivity contribution in [2.24, 2.45) is 0 Å². The van der Waals surface area contributed by atoms with Gasteiger partial charge in [-0.25, -0.2) is 0 Å². The first-order chi connectivity index (χ1) is 9.93. The third-order valence-corrected chi connectivity index (χ3v) is 4.19. The van der Waals surface area contributed by atoms with E-state index in [1.54, 1.807) is 6.07 Å². The molecule has 5 heteroatoms. The van der Waals surface area contributed by atoms with Crippen molar-refractivity contribution in [3.8, 4) is 5.75 Å². The fourth-order valence-corrected chi connectivity index (χ4v) is 2.89. The third-order valence-electron chi connectivity index (χ3n) is 3.32. The summed E-state index contributed by atoms with van der Waals surface area (Å²) < 4.78 is 38.1. The molecule has 4 nitrogen and oxygen atoms in total. The van der Waals surface area contributed by atoms with Crippen molar-refractivity contribution in [2.45, 2.75) is 31.8 Å². The van der Waals surface area contributed by atoms with Gasteiger partial charge in [-0.2, -0.15) is 8.42 Å². The summed E-state index contributed by atoms with van der Waals surface area (Å²) in [7, 11) is -4.31. The lowest BCUT2D eigenvalue weighted by Gasteiger charge is -2.16. The molecule has 2 rings (SSSR count). The fraction of sp³-hybridized carbons (Fsp3) is 0.250. The zero-order valence-corrected chi connectivity index (χ0v) is 12.9. The number of aryl methyl sites for hydroxylation is 1. The molecular weight excluding hydrogens is 288 g/mol. The minimum atomic E-state index is -4.31. The summed E-state index contributed by atoms with van der Waals surface area (Å²) in [5, 5.41) is 0. The number of rotatable bonds is 5. The lowest BCUT2D eigenvalue weighted by Crippen LogP contribution is -2.07. The van der Waals surface area contributed by atoms with Gasteiger partial charge in [-0.15, -0.1) is 0 Å². The Bertz CT molecular complexity index is 721. The van der Waals surface area contributed by atoms with Crippen LogP contribution in [-0.4, -0.2) is 13.0 Å². The van der Waals surface area contributed by atoms with Crippen molar-refractivity contribution >= 4 is 10.1 Å². The molecule has 0 unspecified atom stereocenters. The van der Waals surface area contributed by atoms with Crippen LogP contribution in [-0.2, 0) is 23.1 Å². The molecule has 0 bridgehead atoms. The van der Waals surface area contributed by atoms with Crippen LogP contribution in [0.1, 0.15) is 23.6 Å². The zero-order chi connectivity index (χ0) is 15.5. The van der Waals surface area contributed by atoms with E-state index in [4.69, 9.17) is 4.74 Å². The molecule has 2 aromatic rings. The maximum Gasteiger partial charge on any atom is 0.298 e. The predicted molar refractivity (Wildman–Crippen MR) is 81.1 cm³/mol. The van der Waals surface area contributed by atoms with E-state index >= 15 is 0 Å². The Morgan fingerprint density at radius 2 is 1.76 bits per heavy atom. The van der Waals surface area contributed by atoms with Crippen LogP contribution < -0.4 is 4.74 Å². The highest BCUT2D eigenvalue weighted by Gasteiger charge is 2.20. The van der Waals surface area contributed by atoms with Crippen molar-refractivity contribution in [2.75, 3.05) is 0 Å². The van der Waals surface area contributed by atoms with E-state index in [9.17, 15) is 13.0 Å². The van der Waals surface area contributed by atoms with Crippen LogP contribution in [0.15, 0.2) is 47.4 Å². The SMILES string of the molecule is CCc1c(C)ccc(S(=O)(=O)O)c1OCc1ccccc1. The van der Waals surface area contributed by atoms with Crippen LogP contribution in [0.5, 0.6) is 5.75 Å². The first-order valence-corrected chi connectivity index (χ1v) is 8.14. The topological polar surface area (TPSA) is 63.6 Å². The molecule has 0 amide bonds. The van der Waals surface area contributed by atoms with Crippen molar-refractivity contribution in [3.05, 3.63) is 59.2 Å². The molecule has 0 saturated heterocycles. The molecule has 0 saturated carbocycles. The lowest BCUT2D eigenvalue weighted by atomic mass is 10.1. The van der Waals surface area contributed by atoms with Gasteiger partial charge in [0.2, 0.25) is 0 Å². The van der Waals surface area contributed by atoms with Gasteiger partial charge in [0.1, 0.15) is 17.3 Å². The monoisotopic (exact) mass is 306 g/mol. The van der Waals surface area contributed by atoms with E-state index in [2.05, 4.69) is 0 Å². The summed E-state index contributed by atoms with van der Waals surface area (Å²) >= 11 is 0. The van der Waals surface area contributed by atoms with Gasteiger partial charge in [-0.1, -0.05) is 43.3 Å². The number of benzene rings is 2. The molecule has 1 N–H and O–H groups in total. The van der Waals surface area contributed by atoms with Gasteiger partial charge in [-0.3, -0.25) is 4.55 Å². The smallest absolute Gasteiger partial charge is 0.298 e. The summed E-state index contributed by atoms with van der Waals surface area (Å²) in [4.78, 5) is -0.180. The van der Waals surface area contributed by atoms with E-state index < -0.39 is 10.1 Å². The Morgan fingerprint density at radius 1 is 1.10 bits per heavy atom. The maximum absolute atomic E-state index is 11.5. The van der Waals surface area contributed by atoms with Gasteiger partial charge >= 0.3 is 0 Å². The van der Waals surface area contributed by atoms with Crippen LogP contribution in [0.2, 0.25) is 0 Å². The first-order valence-electron chi connectivity index (χ1n) is 6.70. The van der Waals surface area contributed by atoms with Crippen LogP contribution >= 0.6 is 0 Å². The molecular formula is C16H18O4S. The van der Waals surface area contributed by atoms with Crippen LogP contribution in [0.25, 0.3) is 0 Å². The van der Waals surface area contributed by atoms with E-state index in [0.717, 1.165) is 16.7 Å². The largest absolute Gasteiger partial charge is 0.487 e. The molecule has 0 spiro atoms. The minimum Gasteiger partial charge on any atom is -0.487 e. The average molecular weight is 306 g/mol. The second kappa shape index (κ2) is 6.28. The van der Waals surface area contributed by atoms with Crippen molar-refractivity contribution in [1.82, 2.24) is 0 Å². The second-order valence-corrected chi connectivity index (χ2v) is 6.18. The zero-order valence-electron chi connectivity index (χ0n) is 12.0. The van der Waals surface area contributed by atoms with Crippen molar-refractivity contribution in [1.29, 1.82) is 0 Å². The Morgan fingerprint density at radius 3 is 2.33 bits per heavy atom. The Balaban J connectivity index is 2.42. The van der Waals surface area contributed by atoms with Crippen LogP contribution in [0.3, 0.4) is 0 Å². The molecule has 0 aliphatic rings. The number of hydrogen-bond acceptors (Lipinski definition) is 3. The van der Waals surface area contributed by atoms with Gasteiger partial charge < -0.3 is 4.74 Å². The van der Waals surface area contributed by atoms with Gasteiger partial charge in [0.25, 0.3) is 10.1 Å². The van der Waals surface area contributed by atoms with Gasteiger partial charge in [0.05, 0.1) is 0 Å². The average Bonchev–Trinajstić information content (AvgIpc) is 2.45. The first kappa shape index (κ1) is 15.5. The van der Waals surface area contributed by atoms with Crippen LogP contribution in [0.4, 0.5) is 0 Å². The molecule has 0 aromatic heterocycles. The molecule has 21 heavy (non-hydrogen) atoms. The highest BCUT2D eigenvalue weighted by molar-refractivity contribution is 7.86. The molecule has 2 aromatic carbocycles. The van der Waals surface area contributed by atoms with E-state index in [1.165, 1.54) is 6.07 Å². The quantitative estimate of drug-likeness (QED) is 0.860. The lowest BCUT2D eigenvalue weighted by molar-refractivity contribution is 0.293. The van der Waals surface area contributed by atoms with Gasteiger partial charge in [0, 0.05) is 0 Å². The molecule has 0 radical (unpaired) electrons. The summed E-state index contributed by atoms with van der Waals surface area (Å²) in [6.07, 6.45) is 0.624. The number of ether oxygens (including phenoxy) is 1. The van der Waals surface area contributed by atoms with E-state index in [-0.39, 0.29) is 17.3 Å². The van der Waals surface area contributed by atoms with Crippen molar-refractivity contribution < 1.29 is 17.7 Å². The van der Waals surface area contributed by atoms with Gasteiger partial charge in [-0.05, 0) is 36.1 Å². The summed E-state index contributed by atoms with van der Waals surface area (Å²) in [6.45, 7) is 4.06. The second-order valence-electron chi connectivity index (χ2n) is 4.79. The molecule has 112 valence electrons. The summed E-state index contributed by atoms with van der Waals surface area (Å²) in [6, 6.07) is 12.5. The Labute approximate surface area is 125 Å². The Hall–Kier alpha value is -1.85. The Kier molecular flexibility index (Phi) is 4.65. The van der Waals surface area contributed by atoms with E-state index in [0.29, 0.717) is 6.42 Å².